The molecular weight excluding hydrogens is 323 g/mol. The highest BCUT2D eigenvalue weighted by molar-refractivity contribution is 7.90. The Hall–Kier alpha value is -1.80. The zero-order valence-electron chi connectivity index (χ0n) is 12.7. The Kier molecular flexibility index (Phi) is 4.45. The molecule has 8 heteroatoms. The van der Waals surface area contributed by atoms with Gasteiger partial charge in [0.05, 0.1) is 11.9 Å². The predicted octanol–water partition coefficient (Wildman–Crippen LogP) is 2.28. The molecule has 6 nitrogen and oxygen atoms in total. The van der Waals surface area contributed by atoms with E-state index in [9.17, 15) is 12.8 Å². The van der Waals surface area contributed by atoms with Crippen LogP contribution in [-0.4, -0.2) is 37.0 Å². The number of aromatic nitrogens is 2. The van der Waals surface area contributed by atoms with E-state index in [2.05, 4.69) is 10.1 Å². The number of hydrogen-bond acceptors (Lipinski definition) is 6. The molecule has 23 heavy (non-hydrogen) atoms. The summed E-state index contributed by atoms with van der Waals surface area (Å²) in [6, 6.07) is 4.56. The standard InChI is InChI=1S/C15H17FN2O4S/c1-10-4-5-11(7-13(10)16)15-17-14(22-18-15)9-23(19,20)8-12-3-2-6-21-12/h4-5,7,12H,2-3,6,8-9H2,1H3/t12-/m1/s1. The first-order valence-electron chi connectivity index (χ1n) is 7.34. The van der Waals surface area contributed by atoms with Crippen LogP contribution < -0.4 is 0 Å². The lowest BCUT2D eigenvalue weighted by Crippen LogP contribution is -2.21. The van der Waals surface area contributed by atoms with E-state index in [0.717, 1.165) is 12.8 Å². The van der Waals surface area contributed by atoms with E-state index in [-0.39, 0.29) is 35.1 Å². The second-order valence-corrected chi connectivity index (χ2v) is 7.77. The molecule has 0 spiro atoms. The Morgan fingerprint density at radius 2 is 2.22 bits per heavy atom. The molecule has 2 aromatic rings. The van der Waals surface area contributed by atoms with Crippen LogP contribution in [-0.2, 0) is 20.3 Å². The summed E-state index contributed by atoms with van der Waals surface area (Å²) in [7, 11) is -3.40. The van der Waals surface area contributed by atoms with Crippen molar-refractivity contribution in [1.82, 2.24) is 10.1 Å². The van der Waals surface area contributed by atoms with Gasteiger partial charge in [-0.25, -0.2) is 12.8 Å². The minimum atomic E-state index is -3.40. The molecule has 0 bridgehead atoms. The van der Waals surface area contributed by atoms with Crippen LogP contribution in [0.3, 0.4) is 0 Å². The van der Waals surface area contributed by atoms with Crippen LogP contribution in [0.5, 0.6) is 0 Å². The van der Waals surface area contributed by atoms with Gasteiger partial charge in [-0.15, -0.1) is 0 Å². The van der Waals surface area contributed by atoms with Gasteiger partial charge in [-0.05, 0) is 31.4 Å². The number of aryl methyl sites for hydroxylation is 1. The minimum absolute atomic E-state index is 0.000944. The lowest BCUT2D eigenvalue weighted by molar-refractivity contribution is 0.127. The van der Waals surface area contributed by atoms with Gasteiger partial charge in [-0.2, -0.15) is 4.98 Å². The van der Waals surface area contributed by atoms with Crippen molar-refractivity contribution < 1.29 is 22.1 Å². The SMILES string of the molecule is Cc1ccc(-c2noc(CS(=O)(=O)C[C@H]3CCCO3)n2)cc1F. The van der Waals surface area contributed by atoms with Crippen LogP contribution in [0, 0.1) is 12.7 Å². The maximum Gasteiger partial charge on any atom is 0.242 e. The van der Waals surface area contributed by atoms with Crippen molar-refractivity contribution in [3.8, 4) is 11.4 Å². The highest BCUT2D eigenvalue weighted by atomic mass is 32.2. The monoisotopic (exact) mass is 340 g/mol. The van der Waals surface area contributed by atoms with E-state index < -0.39 is 9.84 Å². The van der Waals surface area contributed by atoms with Gasteiger partial charge < -0.3 is 9.26 Å². The molecule has 1 fully saturated rings. The van der Waals surface area contributed by atoms with E-state index in [1.807, 2.05) is 0 Å². The van der Waals surface area contributed by atoms with Gasteiger partial charge in [-0.1, -0.05) is 17.3 Å². The molecule has 0 saturated carbocycles. The van der Waals surface area contributed by atoms with Crippen molar-refractivity contribution in [3.05, 3.63) is 35.5 Å². The third-order valence-electron chi connectivity index (χ3n) is 3.71. The molecule has 0 amide bonds. The number of benzene rings is 1. The topological polar surface area (TPSA) is 82.3 Å². The molecule has 0 aliphatic carbocycles. The van der Waals surface area contributed by atoms with E-state index in [1.165, 1.54) is 6.07 Å². The average molecular weight is 340 g/mol. The number of rotatable bonds is 5. The van der Waals surface area contributed by atoms with Crippen LogP contribution >= 0.6 is 0 Å². The lowest BCUT2D eigenvalue weighted by Gasteiger charge is -2.08. The summed E-state index contributed by atoms with van der Waals surface area (Å²) < 4.78 is 48.2. The van der Waals surface area contributed by atoms with Gasteiger partial charge in [-0.3, -0.25) is 0 Å². The molecule has 1 aromatic heterocycles. The smallest absolute Gasteiger partial charge is 0.242 e. The average Bonchev–Trinajstić information content (AvgIpc) is 3.13. The second kappa shape index (κ2) is 6.37. The molecule has 0 radical (unpaired) electrons. The molecule has 1 aliphatic heterocycles. The fraction of sp³-hybridized carbons (Fsp3) is 0.467. The largest absolute Gasteiger partial charge is 0.377 e. The van der Waals surface area contributed by atoms with Gasteiger partial charge in [0, 0.05) is 12.2 Å². The Labute approximate surface area is 133 Å². The molecule has 1 atom stereocenters. The van der Waals surface area contributed by atoms with Crippen molar-refractivity contribution in [3.63, 3.8) is 0 Å². The number of hydrogen-bond donors (Lipinski definition) is 0. The molecule has 0 unspecified atom stereocenters. The summed E-state index contributed by atoms with van der Waals surface area (Å²) in [5.74, 6) is -0.594. The highest BCUT2D eigenvalue weighted by Crippen LogP contribution is 2.20. The number of ether oxygens (including phenoxy) is 1. The van der Waals surface area contributed by atoms with Crippen LogP contribution in [0.1, 0.15) is 24.3 Å². The molecular formula is C15H17FN2O4S. The number of sulfone groups is 1. The van der Waals surface area contributed by atoms with Crippen molar-refractivity contribution >= 4 is 9.84 Å². The summed E-state index contributed by atoms with van der Waals surface area (Å²) in [4.78, 5) is 4.05. The second-order valence-electron chi connectivity index (χ2n) is 5.67. The van der Waals surface area contributed by atoms with Gasteiger partial charge in [0.2, 0.25) is 11.7 Å². The van der Waals surface area contributed by atoms with E-state index in [4.69, 9.17) is 9.26 Å². The molecule has 1 aliphatic rings. The molecule has 1 aromatic carbocycles. The first kappa shape index (κ1) is 16.1. The number of nitrogens with zero attached hydrogens (tertiary/aromatic N) is 2. The van der Waals surface area contributed by atoms with Gasteiger partial charge in [0.15, 0.2) is 9.84 Å². The summed E-state index contributed by atoms with van der Waals surface area (Å²) in [6.45, 7) is 2.25. The van der Waals surface area contributed by atoms with Gasteiger partial charge >= 0.3 is 0 Å². The molecule has 3 rings (SSSR count). The lowest BCUT2D eigenvalue weighted by atomic mass is 10.1. The Bertz CT molecular complexity index is 798. The van der Waals surface area contributed by atoms with Crippen LogP contribution in [0.25, 0.3) is 11.4 Å². The first-order chi connectivity index (χ1) is 10.9. The Morgan fingerprint density at radius 3 is 2.91 bits per heavy atom. The van der Waals surface area contributed by atoms with E-state index in [0.29, 0.717) is 17.7 Å². The van der Waals surface area contributed by atoms with E-state index in [1.54, 1.807) is 19.1 Å². The highest BCUT2D eigenvalue weighted by Gasteiger charge is 2.25. The fourth-order valence-electron chi connectivity index (χ4n) is 2.47. The zero-order valence-corrected chi connectivity index (χ0v) is 13.5. The molecule has 2 heterocycles. The fourth-order valence-corrected chi connectivity index (χ4v) is 3.91. The quantitative estimate of drug-likeness (QED) is 0.830. The van der Waals surface area contributed by atoms with Gasteiger partial charge in [0.25, 0.3) is 0 Å². The first-order valence-corrected chi connectivity index (χ1v) is 9.16. The molecule has 1 saturated heterocycles. The maximum absolute atomic E-state index is 13.6. The summed E-state index contributed by atoms with van der Waals surface area (Å²) >= 11 is 0. The summed E-state index contributed by atoms with van der Waals surface area (Å²) in [5, 5.41) is 3.72. The summed E-state index contributed by atoms with van der Waals surface area (Å²) in [5.41, 5.74) is 0.955. The third kappa shape index (κ3) is 3.94. The molecule has 0 N–H and O–H groups in total. The van der Waals surface area contributed by atoms with Crippen LogP contribution in [0.2, 0.25) is 0 Å². The molecule has 124 valence electrons. The Balaban J connectivity index is 1.72. The Morgan fingerprint density at radius 1 is 1.39 bits per heavy atom. The van der Waals surface area contributed by atoms with E-state index >= 15 is 0 Å². The van der Waals surface area contributed by atoms with Crippen molar-refractivity contribution in [1.29, 1.82) is 0 Å². The van der Waals surface area contributed by atoms with Gasteiger partial charge in [0.1, 0.15) is 11.6 Å². The third-order valence-corrected chi connectivity index (χ3v) is 5.27. The van der Waals surface area contributed by atoms with Crippen molar-refractivity contribution in [2.24, 2.45) is 0 Å². The van der Waals surface area contributed by atoms with Crippen LogP contribution in [0.15, 0.2) is 22.7 Å². The predicted molar refractivity (Wildman–Crippen MR) is 80.9 cm³/mol. The maximum atomic E-state index is 13.6. The summed E-state index contributed by atoms with van der Waals surface area (Å²) in [6.07, 6.45) is 1.37. The van der Waals surface area contributed by atoms with Crippen molar-refractivity contribution in [2.45, 2.75) is 31.6 Å². The van der Waals surface area contributed by atoms with Crippen LogP contribution in [0.4, 0.5) is 4.39 Å². The van der Waals surface area contributed by atoms with Crippen molar-refractivity contribution in [2.75, 3.05) is 12.4 Å². The normalized spacial score (nSPS) is 18.4. The number of halogens is 1. The minimum Gasteiger partial charge on any atom is -0.377 e. The zero-order chi connectivity index (χ0) is 16.4.